The van der Waals surface area contributed by atoms with Gasteiger partial charge in [-0.25, -0.2) is 8.42 Å². The standard InChI is InChI=1S/C24H29N5O3S2/c1-16-15-20(17(2)28(16)13-14-32-3)23-22(21-7-5-6-12-25-21)26-24(33)29(23)19-10-8-18(9-11-19)27-34(4,30)31/h5-12,15,22-23,27H,13-14H2,1-4H3,(H,26,33)/t22-,23-/m0/s1. The summed E-state index contributed by atoms with van der Waals surface area (Å²) < 4.78 is 33.3. The van der Waals surface area contributed by atoms with Crippen LogP contribution in [0, 0.1) is 13.8 Å². The van der Waals surface area contributed by atoms with Gasteiger partial charge in [0.15, 0.2) is 5.11 Å². The fourth-order valence-corrected chi connectivity index (χ4v) is 5.42. The van der Waals surface area contributed by atoms with E-state index < -0.39 is 10.0 Å². The van der Waals surface area contributed by atoms with E-state index in [4.69, 9.17) is 17.0 Å². The highest BCUT2D eigenvalue weighted by Crippen LogP contribution is 2.43. The number of aryl methyl sites for hydroxylation is 1. The molecule has 0 unspecified atom stereocenters. The Morgan fingerprint density at radius 3 is 2.53 bits per heavy atom. The number of aromatic nitrogens is 2. The highest BCUT2D eigenvalue weighted by atomic mass is 32.2. The average Bonchev–Trinajstić information content (AvgIpc) is 3.28. The van der Waals surface area contributed by atoms with Crippen LogP contribution in [0.5, 0.6) is 0 Å². The number of benzene rings is 1. The minimum atomic E-state index is -3.36. The summed E-state index contributed by atoms with van der Waals surface area (Å²) >= 11 is 5.80. The monoisotopic (exact) mass is 499 g/mol. The molecule has 0 saturated carbocycles. The molecule has 10 heteroatoms. The van der Waals surface area contributed by atoms with Crippen LogP contribution in [-0.4, -0.2) is 43.1 Å². The fourth-order valence-electron chi connectivity index (χ4n) is 4.51. The lowest BCUT2D eigenvalue weighted by molar-refractivity contribution is 0.186. The van der Waals surface area contributed by atoms with Crippen LogP contribution < -0.4 is 14.9 Å². The summed E-state index contributed by atoms with van der Waals surface area (Å²) in [7, 11) is -1.65. The largest absolute Gasteiger partial charge is 0.383 e. The van der Waals surface area contributed by atoms with Crippen LogP contribution in [-0.2, 0) is 21.3 Å². The van der Waals surface area contributed by atoms with Crippen molar-refractivity contribution < 1.29 is 13.2 Å². The number of nitrogens with zero attached hydrogens (tertiary/aromatic N) is 3. The van der Waals surface area contributed by atoms with Gasteiger partial charge >= 0.3 is 0 Å². The molecule has 4 rings (SSSR count). The van der Waals surface area contributed by atoms with Gasteiger partial charge in [-0.1, -0.05) is 6.07 Å². The van der Waals surface area contributed by atoms with Crippen molar-refractivity contribution in [1.82, 2.24) is 14.9 Å². The van der Waals surface area contributed by atoms with Crippen molar-refractivity contribution in [3.05, 3.63) is 77.4 Å². The summed E-state index contributed by atoms with van der Waals surface area (Å²) in [4.78, 5) is 6.69. The third-order valence-corrected chi connectivity index (χ3v) is 6.92. The second kappa shape index (κ2) is 9.73. The molecule has 1 saturated heterocycles. The molecular weight excluding hydrogens is 470 g/mol. The van der Waals surface area contributed by atoms with E-state index in [1.54, 1.807) is 25.4 Å². The molecular formula is C24H29N5O3S2. The first-order chi connectivity index (χ1) is 16.2. The number of pyridine rings is 1. The lowest BCUT2D eigenvalue weighted by atomic mass is 9.96. The quantitative estimate of drug-likeness (QED) is 0.457. The Kier molecular flexibility index (Phi) is 6.92. The molecule has 0 bridgehead atoms. The van der Waals surface area contributed by atoms with Gasteiger partial charge in [0.25, 0.3) is 0 Å². The highest BCUT2D eigenvalue weighted by Gasteiger charge is 2.42. The van der Waals surface area contributed by atoms with Crippen LogP contribution in [0.4, 0.5) is 11.4 Å². The summed E-state index contributed by atoms with van der Waals surface area (Å²) in [6.45, 7) is 5.60. The minimum Gasteiger partial charge on any atom is -0.383 e. The zero-order valence-corrected chi connectivity index (χ0v) is 21.3. The molecule has 180 valence electrons. The molecule has 0 aliphatic carbocycles. The molecule has 1 aliphatic heterocycles. The molecule has 3 aromatic rings. The summed E-state index contributed by atoms with van der Waals surface area (Å²) in [5, 5.41) is 4.06. The topological polar surface area (TPSA) is 88.5 Å². The number of hydrogen-bond acceptors (Lipinski definition) is 5. The van der Waals surface area contributed by atoms with Crippen molar-refractivity contribution in [3.8, 4) is 0 Å². The number of anilines is 2. The van der Waals surface area contributed by atoms with Gasteiger partial charge in [0.1, 0.15) is 0 Å². The van der Waals surface area contributed by atoms with E-state index >= 15 is 0 Å². The Hall–Kier alpha value is -2.95. The van der Waals surface area contributed by atoms with Gasteiger partial charge in [0, 0.05) is 42.6 Å². The fraction of sp³-hybridized carbons (Fsp3) is 0.333. The number of nitrogens with one attached hydrogen (secondary N) is 2. The Morgan fingerprint density at radius 2 is 1.91 bits per heavy atom. The lowest BCUT2D eigenvalue weighted by Crippen LogP contribution is -2.29. The zero-order valence-electron chi connectivity index (χ0n) is 19.6. The molecule has 1 aliphatic rings. The average molecular weight is 500 g/mol. The Bertz CT molecular complexity index is 1270. The summed E-state index contributed by atoms with van der Waals surface area (Å²) in [5.41, 5.74) is 5.70. The van der Waals surface area contributed by atoms with Gasteiger partial charge in [0.2, 0.25) is 10.0 Å². The minimum absolute atomic E-state index is 0.140. The number of thiocarbonyl (C=S) groups is 1. The Labute approximate surface area is 206 Å². The van der Waals surface area contributed by atoms with Gasteiger partial charge in [-0.2, -0.15) is 0 Å². The first-order valence-electron chi connectivity index (χ1n) is 10.9. The van der Waals surface area contributed by atoms with Crippen LogP contribution in [0.3, 0.4) is 0 Å². The normalized spacial score (nSPS) is 18.2. The van der Waals surface area contributed by atoms with E-state index in [-0.39, 0.29) is 12.1 Å². The summed E-state index contributed by atoms with van der Waals surface area (Å²) in [5.74, 6) is 0. The van der Waals surface area contributed by atoms with Crippen molar-refractivity contribution in [2.45, 2.75) is 32.5 Å². The van der Waals surface area contributed by atoms with Gasteiger partial charge in [-0.15, -0.1) is 0 Å². The second-order valence-electron chi connectivity index (χ2n) is 8.39. The van der Waals surface area contributed by atoms with Crippen LogP contribution >= 0.6 is 12.2 Å². The molecule has 1 aromatic carbocycles. The molecule has 2 aromatic heterocycles. The lowest BCUT2D eigenvalue weighted by Gasteiger charge is -2.28. The maximum Gasteiger partial charge on any atom is 0.229 e. The molecule has 1 fully saturated rings. The number of methoxy groups -OCH3 is 1. The molecule has 34 heavy (non-hydrogen) atoms. The van der Waals surface area contributed by atoms with Gasteiger partial charge in [-0.3, -0.25) is 9.71 Å². The zero-order chi connectivity index (χ0) is 24.5. The Morgan fingerprint density at radius 1 is 1.18 bits per heavy atom. The number of hydrogen-bond donors (Lipinski definition) is 2. The van der Waals surface area contributed by atoms with Gasteiger partial charge in [0.05, 0.1) is 30.6 Å². The van der Waals surface area contributed by atoms with Crippen LogP contribution in [0.2, 0.25) is 0 Å². The van der Waals surface area contributed by atoms with Crippen molar-refractivity contribution in [1.29, 1.82) is 0 Å². The van der Waals surface area contributed by atoms with Crippen molar-refractivity contribution in [2.75, 3.05) is 29.6 Å². The van der Waals surface area contributed by atoms with E-state index in [0.29, 0.717) is 17.4 Å². The number of sulfonamides is 1. The van der Waals surface area contributed by atoms with Gasteiger partial charge < -0.3 is 19.5 Å². The Balaban J connectivity index is 1.79. The second-order valence-corrected chi connectivity index (χ2v) is 10.5. The van der Waals surface area contributed by atoms with E-state index in [0.717, 1.165) is 41.1 Å². The van der Waals surface area contributed by atoms with Crippen molar-refractivity contribution >= 4 is 38.7 Å². The smallest absolute Gasteiger partial charge is 0.229 e. The number of ether oxygens (including phenoxy) is 1. The molecule has 0 radical (unpaired) electrons. The predicted octanol–water partition coefficient (Wildman–Crippen LogP) is 3.69. The molecule has 0 spiro atoms. The predicted molar refractivity (Wildman–Crippen MR) is 139 cm³/mol. The van der Waals surface area contributed by atoms with E-state index in [9.17, 15) is 8.42 Å². The van der Waals surface area contributed by atoms with Gasteiger partial charge in [-0.05, 0) is 74.1 Å². The molecule has 2 atom stereocenters. The first-order valence-corrected chi connectivity index (χ1v) is 13.2. The third-order valence-electron chi connectivity index (χ3n) is 6.00. The van der Waals surface area contributed by atoms with E-state index in [2.05, 4.69) is 44.4 Å². The maximum atomic E-state index is 11.6. The molecule has 2 N–H and O–H groups in total. The van der Waals surface area contributed by atoms with Crippen LogP contribution in [0.25, 0.3) is 0 Å². The first kappa shape index (κ1) is 24.2. The maximum absolute atomic E-state index is 11.6. The highest BCUT2D eigenvalue weighted by molar-refractivity contribution is 7.92. The SMILES string of the molecule is COCCn1c(C)cc([C@H]2[C@H](c3ccccn3)NC(=S)N2c2ccc(NS(C)(=O)=O)cc2)c1C. The van der Waals surface area contributed by atoms with Crippen LogP contribution in [0.15, 0.2) is 54.7 Å². The van der Waals surface area contributed by atoms with Crippen LogP contribution in [0.1, 0.15) is 34.7 Å². The third kappa shape index (κ3) is 4.94. The number of rotatable bonds is 8. The molecule has 3 heterocycles. The molecule has 0 amide bonds. The van der Waals surface area contributed by atoms with Crippen molar-refractivity contribution in [2.24, 2.45) is 0 Å². The van der Waals surface area contributed by atoms with E-state index in [1.165, 1.54) is 0 Å². The summed E-state index contributed by atoms with van der Waals surface area (Å²) in [6.07, 6.45) is 2.92. The van der Waals surface area contributed by atoms with Crippen molar-refractivity contribution in [3.63, 3.8) is 0 Å². The van der Waals surface area contributed by atoms with E-state index in [1.807, 2.05) is 30.3 Å². The molecule has 8 nitrogen and oxygen atoms in total. The summed E-state index contributed by atoms with van der Waals surface area (Å²) in [6, 6.07) is 15.0.